The second kappa shape index (κ2) is 6.44. The van der Waals surface area contributed by atoms with E-state index in [1.165, 1.54) is 36.9 Å². The zero-order chi connectivity index (χ0) is 13.0. The number of hydrogen-bond donors (Lipinski definition) is 1. The fraction of sp³-hybridized carbons (Fsp3) is 0.600. The van der Waals surface area contributed by atoms with Crippen LogP contribution in [0.3, 0.4) is 0 Å². The van der Waals surface area contributed by atoms with Crippen molar-refractivity contribution in [3.05, 3.63) is 28.8 Å². The Morgan fingerprint density at radius 1 is 1.33 bits per heavy atom. The zero-order valence-electron chi connectivity index (χ0n) is 11.2. The van der Waals surface area contributed by atoms with Gasteiger partial charge in [-0.25, -0.2) is 0 Å². The zero-order valence-corrected chi connectivity index (χ0v) is 11.9. The van der Waals surface area contributed by atoms with Gasteiger partial charge in [0.2, 0.25) is 0 Å². The van der Waals surface area contributed by atoms with E-state index in [1.54, 1.807) is 0 Å². The molecule has 1 aromatic carbocycles. The first-order valence-electron chi connectivity index (χ1n) is 6.97. The van der Waals surface area contributed by atoms with Crippen molar-refractivity contribution in [2.24, 2.45) is 5.73 Å². The van der Waals surface area contributed by atoms with Gasteiger partial charge in [0.15, 0.2) is 0 Å². The van der Waals surface area contributed by atoms with Gasteiger partial charge < -0.3 is 10.6 Å². The van der Waals surface area contributed by atoms with E-state index >= 15 is 0 Å². The van der Waals surface area contributed by atoms with Crippen molar-refractivity contribution in [2.75, 3.05) is 18.0 Å². The van der Waals surface area contributed by atoms with E-state index in [9.17, 15) is 0 Å². The topological polar surface area (TPSA) is 29.3 Å². The molecule has 1 atom stereocenters. The largest absolute Gasteiger partial charge is 0.369 e. The highest BCUT2D eigenvalue weighted by Crippen LogP contribution is 2.29. The minimum Gasteiger partial charge on any atom is -0.369 e. The van der Waals surface area contributed by atoms with Crippen molar-refractivity contribution in [1.82, 2.24) is 0 Å². The molecule has 1 saturated heterocycles. The van der Waals surface area contributed by atoms with E-state index in [0.717, 1.165) is 18.0 Å². The number of benzene rings is 1. The standard InChI is InChI=1S/C15H23ClN2/c1-12-5-3-2-4-10-18(12)15-7-6-14(16)11-13(15)8-9-17/h6-7,11-12H,2-5,8-10,17H2,1H3. The summed E-state index contributed by atoms with van der Waals surface area (Å²) in [5, 5.41) is 0.810. The maximum absolute atomic E-state index is 6.10. The fourth-order valence-electron chi connectivity index (χ4n) is 2.82. The molecule has 2 rings (SSSR count). The molecule has 0 amide bonds. The molecule has 18 heavy (non-hydrogen) atoms. The van der Waals surface area contributed by atoms with Gasteiger partial charge in [0.1, 0.15) is 0 Å². The number of anilines is 1. The molecule has 0 saturated carbocycles. The van der Waals surface area contributed by atoms with Crippen LogP contribution in [-0.2, 0) is 6.42 Å². The lowest BCUT2D eigenvalue weighted by Gasteiger charge is -2.31. The first-order valence-corrected chi connectivity index (χ1v) is 7.35. The monoisotopic (exact) mass is 266 g/mol. The van der Waals surface area contributed by atoms with Gasteiger partial charge in [-0.05, 0) is 56.5 Å². The Bertz CT molecular complexity index is 392. The summed E-state index contributed by atoms with van der Waals surface area (Å²) in [5.74, 6) is 0. The summed E-state index contributed by atoms with van der Waals surface area (Å²) in [5.41, 5.74) is 8.34. The van der Waals surface area contributed by atoms with E-state index < -0.39 is 0 Å². The highest BCUT2D eigenvalue weighted by atomic mass is 35.5. The molecule has 1 heterocycles. The summed E-state index contributed by atoms with van der Waals surface area (Å²) in [6.07, 6.45) is 6.16. The van der Waals surface area contributed by atoms with Gasteiger partial charge in [-0.2, -0.15) is 0 Å². The Morgan fingerprint density at radius 2 is 2.17 bits per heavy atom. The Hall–Kier alpha value is -0.730. The molecule has 1 aliphatic heterocycles. The minimum absolute atomic E-state index is 0.616. The fourth-order valence-corrected chi connectivity index (χ4v) is 3.02. The van der Waals surface area contributed by atoms with Gasteiger partial charge in [0, 0.05) is 23.3 Å². The Labute approximate surface area is 115 Å². The molecule has 0 bridgehead atoms. The molecule has 1 fully saturated rings. The van der Waals surface area contributed by atoms with E-state index in [0.29, 0.717) is 12.6 Å². The second-order valence-electron chi connectivity index (χ2n) is 5.20. The van der Waals surface area contributed by atoms with Crippen LogP contribution in [0, 0.1) is 0 Å². The summed E-state index contributed by atoms with van der Waals surface area (Å²) >= 11 is 6.10. The maximum Gasteiger partial charge on any atom is 0.0410 e. The quantitative estimate of drug-likeness (QED) is 0.906. The van der Waals surface area contributed by atoms with Gasteiger partial charge in [0.25, 0.3) is 0 Å². The highest BCUT2D eigenvalue weighted by molar-refractivity contribution is 6.30. The average molecular weight is 267 g/mol. The predicted octanol–water partition coefficient (Wildman–Crippen LogP) is 3.61. The van der Waals surface area contributed by atoms with Crippen LogP contribution < -0.4 is 10.6 Å². The molecule has 0 spiro atoms. The van der Waals surface area contributed by atoms with Crippen LogP contribution >= 0.6 is 11.6 Å². The molecule has 0 aliphatic carbocycles. The van der Waals surface area contributed by atoms with Crippen LogP contribution in [0.2, 0.25) is 5.02 Å². The van der Waals surface area contributed by atoms with E-state index in [2.05, 4.69) is 24.0 Å². The van der Waals surface area contributed by atoms with Crippen LogP contribution in [0.15, 0.2) is 18.2 Å². The summed E-state index contributed by atoms with van der Waals surface area (Å²) < 4.78 is 0. The first kappa shape index (κ1) is 13.7. The average Bonchev–Trinajstić information content (AvgIpc) is 2.55. The lowest BCUT2D eigenvalue weighted by molar-refractivity contribution is 0.614. The molecule has 1 aromatic rings. The van der Waals surface area contributed by atoms with Gasteiger partial charge in [-0.3, -0.25) is 0 Å². The SMILES string of the molecule is CC1CCCCCN1c1ccc(Cl)cc1CCN. The summed E-state index contributed by atoms with van der Waals surface area (Å²) in [6, 6.07) is 6.84. The molecule has 0 radical (unpaired) electrons. The third-order valence-electron chi connectivity index (χ3n) is 3.82. The van der Waals surface area contributed by atoms with Crippen LogP contribution in [0.4, 0.5) is 5.69 Å². The molecule has 0 aromatic heterocycles. The molecule has 1 unspecified atom stereocenters. The van der Waals surface area contributed by atoms with Gasteiger partial charge in [-0.1, -0.05) is 24.4 Å². The van der Waals surface area contributed by atoms with Crippen LogP contribution in [0.25, 0.3) is 0 Å². The summed E-state index contributed by atoms with van der Waals surface area (Å²) in [7, 11) is 0. The molecular weight excluding hydrogens is 244 g/mol. The lowest BCUT2D eigenvalue weighted by Crippen LogP contribution is -2.33. The third kappa shape index (κ3) is 3.18. The van der Waals surface area contributed by atoms with Crippen LogP contribution in [-0.4, -0.2) is 19.1 Å². The van der Waals surface area contributed by atoms with Crippen molar-refractivity contribution in [1.29, 1.82) is 0 Å². The lowest BCUT2D eigenvalue weighted by atomic mass is 10.1. The smallest absolute Gasteiger partial charge is 0.0410 e. The normalized spacial score (nSPS) is 20.8. The van der Waals surface area contributed by atoms with Crippen molar-refractivity contribution in [3.63, 3.8) is 0 Å². The predicted molar refractivity (Wildman–Crippen MR) is 79.5 cm³/mol. The van der Waals surface area contributed by atoms with E-state index in [4.69, 9.17) is 17.3 Å². The van der Waals surface area contributed by atoms with Crippen molar-refractivity contribution in [2.45, 2.75) is 45.1 Å². The molecule has 3 heteroatoms. The Morgan fingerprint density at radius 3 is 2.94 bits per heavy atom. The molecule has 2 N–H and O–H groups in total. The van der Waals surface area contributed by atoms with Crippen molar-refractivity contribution in [3.8, 4) is 0 Å². The minimum atomic E-state index is 0.616. The maximum atomic E-state index is 6.10. The first-order chi connectivity index (χ1) is 8.72. The van der Waals surface area contributed by atoms with Gasteiger partial charge >= 0.3 is 0 Å². The number of halogens is 1. The third-order valence-corrected chi connectivity index (χ3v) is 4.05. The van der Waals surface area contributed by atoms with Crippen molar-refractivity contribution >= 4 is 17.3 Å². The number of rotatable bonds is 3. The van der Waals surface area contributed by atoms with Crippen LogP contribution in [0.5, 0.6) is 0 Å². The Balaban J connectivity index is 2.29. The number of nitrogens with zero attached hydrogens (tertiary/aromatic N) is 1. The van der Waals surface area contributed by atoms with Gasteiger partial charge in [-0.15, -0.1) is 0 Å². The van der Waals surface area contributed by atoms with Crippen LogP contribution in [0.1, 0.15) is 38.2 Å². The highest BCUT2D eigenvalue weighted by Gasteiger charge is 2.19. The molecular formula is C15H23ClN2. The number of nitrogens with two attached hydrogens (primary N) is 1. The molecule has 100 valence electrons. The Kier molecular flexibility index (Phi) is 4.90. The van der Waals surface area contributed by atoms with Gasteiger partial charge in [0.05, 0.1) is 0 Å². The van der Waals surface area contributed by atoms with E-state index in [1.807, 2.05) is 6.07 Å². The molecule has 2 nitrogen and oxygen atoms in total. The summed E-state index contributed by atoms with van der Waals surface area (Å²) in [6.45, 7) is 4.15. The van der Waals surface area contributed by atoms with E-state index in [-0.39, 0.29) is 0 Å². The second-order valence-corrected chi connectivity index (χ2v) is 5.64. The number of hydrogen-bond acceptors (Lipinski definition) is 2. The molecule has 1 aliphatic rings. The summed E-state index contributed by atoms with van der Waals surface area (Å²) in [4.78, 5) is 2.54. The van der Waals surface area contributed by atoms with Crippen molar-refractivity contribution < 1.29 is 0 Å².